The van der Waals surface area contributed by atoms with Crippen LogP contribution in [0.1, 0.15) is 60.1 Å². The number of carbonyl (C=O) groups excluding carboxylic acids is 4. The van der Waals surface area contributed by atoms with Crippen LogP contribution in [0.15, 0.2) is 48.8 Å². The number of ether oxygens (including phenoxy) is 2. The number of methoxy groups -OCH3 is 1. The van der Waals surface area contributed by atoms with Crippen molar-refractivity contribution in [2.24, 2.45) is 5.92 Å². The van der Waals surface area contributed by atoms with E-state index in [0.29, 0.717) is 24.2 Å². The van der Waals surface area contributed by atoms with Crippen molar-refractivity contribution in [3.63, 3.8) is 0 Å². The number of halogens is 1. The van der Waals surface area contributed by atoms with Crippen LogP contribution in [0.2, 0.25) is 0 Å². The molecule has 276 valence electrons. The number of hydrogen-bond acceptors (Lipinski definition) is 9. The van der Waals surface area contributed by atoms with E-state index in [0.717, 1.165) is 17.0 Å². The lowest BCUT2D eigenvalue weighted by molar-refractivity contribution is -0.137. The number of hydrogen-bond donors (Lipinski definition) is 3. The molecule has 2 aromatic heterocycles. The number of aromatic nitrogens is 4. The highest BCUT2D eigenvalue weighted by Gasteiger charge is 2.32. The minimum absolute atomic E-state index is 0.0614. The summed E-state index contributed by atoms with van der Waals surface area (Å²) in [6.45, 7) is 9.09. The van der Waals surface area contributed by atoms with Crippen molar-refractivity contribution in [2.45, 2.75) is 72.1 Å². The van der Waals surface area contributed by atoms with Crippen LogP contribution in [0.5, 0.6) is 11.5 Å². The Morgan fingerprint density at radius 3 is 2.63 bits per heavy atom. The summed E-state index contributed by atoms with van der Waals surface area (Å²) >= 11 is 0. The van der Waals surface area contributed by atoms with E-state index >= 15 is 0 Å². The van der Waals surface area contributed by atoms with Crippen molar-refractivity contribution in [3.05, 3.63) is 82.7 Å². The number of carbonyl (C=O) groups is 4. The van der Waals surface area contributed by atoms with Crippen LogP contribution in [-0.4, -0.2) is 93.0 Å². The fraction of sp³-hybridized carbons (Fsp3) is 0.432. The lowest BCUT2D eigenvalue weighted by Gasteiger charge is -2.32. The van der Waals surface area contributed by atoms with Gasteiger partial charge < -0.3 is 30.3 Å². The van der Waals surface area contributed by atoms with E-state index in [-0.39, 0.29) is 60.8 Å². The molecular weight excluding hydrogens is 671 g/mol. The zero-order valence-electron chi connectivity index (χ0n) is 30.2. The number of nitrogens with one attached hydrogen (secondary N) is 3. The van der Waals surface area contributed by atoms with E-state index in [2.05, 4.69) is 31.0 Å². The third kappa shape index (κ3) is 9.00. The van der Waals surface area contributed by atoms with Crippen LogP contribution in [0.25, 0.3) is 5.78 Å². The molecule has 2 aromatic carbocycles. The molecule has 4 amide bonds. The molecule has 3 atom stereocenters. The van der Waals surface area contributed by atoms with Crippen LogP contribution in [0.4, 0.5) is 4.39 Å². The summed E-state index contributed by atoms with van der Waals surface area (Å²) in [5.41, 5.74) is 3.33. The van der Waals surface area contributed by atoms with Crippen LogP contribution < -0.4 is 25.4 Å². The average molecular weight is 717 g/mol. The van der Waals surface area contributed by atoms with Crippen molar-refractivity contribution in [1.29, 1.82) is 0 Å². The number of benzene rings is 2. The monoisotopic (exact) mass is 716 g/mol. The minimum atomic E-state index is -1.27. The van der Waals surface area contributed by atoms with Crippen molar-refractivity contribution < 1.29 is 33.0 Å². The van der Waals surface area contributed by atoms with E-state index < -0.39 is 35.9 Å². The highest BCUT2D eigenvalue weighted by atomic mass is 19.1. The number of aryl methyl sites for hydroxylation is 2. The molecule has 52 heavy (non-hydrogen) atoms. The van der Waals surface area contributed by atoms with Crippen LogP contribution in [0, 0.1) is 25.6 Å². The standard InChI is InChI=1S/C37H45FN8O6/c1-21(2)29-18-45(33(48)13-11-28-22(3)43-37-40-20-41-46(37)24(28)5)19-32(47)42-23(4)34(36(50)39-15-14-25-8-7-9-27(38)16-25)52-31-17-26(35(49)44-29)10-12-30(31)51-6/h7-10,12,16-17,20-21,23,29,34H,11,13-15,18-19H2,1-6H3,(H,39,50)(H,42,47)(H,44,49)/t23-,29+,34+/m0/s1. The van der Waals surface area contributed by atoms with Gasteiger partial charge in [0.15, 0.2) is 17.6 Å². The third-order valence-electron chi connectivity index (χ3n) is 9.19. The van der Waals surface area contributed by atoms with Crippen molar-refractivity contribution in [3.8, 4) is 11.5 Å². The normalized spacial score (nSPS) is 18.3. The number of fused-ring (bicyclic) bond motifs is 3. The lowest BCUT2D eigenvalue weighted by atomic mass is 10.0. The molecule has 0 unspecified atom stereocenters. The summed E-state index contributed by atoms with van der Waals surface area (Å²) in [6, 6.07) is 9.29. The predicted molar refractivity (Wildman–Crippen MR) is 189 cm³/mol. The van der Waals surface area contributed by atoms with Gasteiger partial charge >= 0.3 is 0 Å². The second kappa shape index (κ2) is 16.6. The van der Waals surface area contributed by atoms with Gasteiger partial charge in [-0.2, -0.15) is 10.1 Å². The number of amides is 4. The quantitative estimate of drug-likeness (QED) is 0.236. The predicted octanol–water partition coefficient (Wildman–Crippen LogP) is 2.73. The molecule has 3 heterocycles. The second-order valence-corrected chi connectivity index (χ2v) is 13.3. The molecule has 2 bridgehead atoms. The van der Waals surface area contributed by atoms with Crippen LogP contribution >= 0.6 is 0 Å². The van der Waals surface area contributed by atoms with E-state index in [1.165, 1.54) is 36.5 Å². The Bertz CT molecular complexity index is 1950. The Balaban J connectivity index is 1.41. The topological polar surface area (TPSA) is 169 Å². The molecule has 14 nitrogen and oxygen atoms in total. The fourth-order valence-electron chi connectivity index (χ4n) is 6.18. The molecule has 15 heteroatoms. The Morgan fingerprint density at radius 2 is 1.90 bits per heavy atom. The lowest BCUT2D eigenvalue weighted by Crippen LogP contribution is -2.55. The first-order chi connectivity index (χ1) is 24.8. The zero-order chi connectivity index (χ0) is 37.5. The first-order valence-corrected chi connectivity index (χ1v) is 17.2. The molecule has 4 aromatic rings. The first-order valence-electron chi connectivity index (χ1n) is 17.2. The van der Waals surface area contributed by atoms with Gasteiger partial charge in [0, 0.05) is 42.5 Å². The smallest absolute Gasteiger partial charge is 0.263 e. The maximum Gasteiger partial charge on any atom is 0.263 e. The molecule has 0 aliphatic carbocycles. The van der Waals surface area contributed by atoms with E-state index in [1.807, 2.05) is 27.7 Å². The molecule has 0 saturated heterocycles. The van der Waals surface area contributed by atoms with Gasteiger partial charge in [0.2, 0.25) is 11.8 Å². The second-order valence-electron chi connectivity index (χ2n) is 13.3. The molecule has 0 fully saturated rings. The van der Waals surface area contributed by atoms with Crippen LogP contribution in [-0.2, 0) is 27.2 Å². The maximum atomic E-state index is 13.9. The number of nitrogens with zero attached hydrogens (tertiary/aromatic N) is 5. The molecule has 0 radical (unpaired) electrons. The Hall–Kier alpha value is -5.60. The summed E-state index contributed by atoms with van der Waals surface area (Å²) in [7, 11) is 1.44. The van der Waals surface area contributed by atoms with Crippen molar-refractivity contribution in [2.75, 3.05) is 26.7 Å². The van der Waals surface area contributed by atoms with Crippen LogP contribution in [0.3, 0.4) is 0 Å². The first kappa shape index (κ1) is 37.7. The van der Waals surface area contributed by atoms with E-state index in [4.69, 9.17) is 9.47 Å². The van der Waals surface area contributed by atoms with Gasteiger partial charge in [0.05, 0.1) is 19.7 Å². The van der Waals surface area contributed by atoms with Gasteiger partial charge in [-0.15, -0.1) is 0 Å². The molecule has 0 spiro atoms. The zero-order valence-corrected chi connectivity index (χ0v) is 30.2. The molecular formula is C37H45FN8O6. The summed E-state index contributed by atoms with van der Waals surface area (Å²) in [5, 5.41) is 12.9. The number of rotatable bonds is 9. The highest BCUT2D eigenvalue weighted by molar-refractivity contribution is 5.95. The minimum Gasteiger partial charge on any atom is -0.493 e. The largest absolute Gasteiger partial charge is 0.493 e. The van der Waals surface area contributed by atoms with Gasteiger partial charge in [-0.1, -0.05) is 26.0 Å². The molecule has 1 aliphatic heterocycles. The van der Waals surface area contributed by atoms with Crippen molar-refractivity contribution >= 4 is 29.4 Å². The maximum absolute atomic E-state index is 13.9. The van der Waals surface area contributed by atoms with Gasteiger partial charge in [0.25, 0.3) is 17.6 Å². The Kier molecular flexibility index (Phi) is 12.0. The third-order valence-corrected chi connectivity index (χ3v) is 9.19. The average Bonchev–Trinajstić information content (AvgIpc) is 3.57. The van der Waals surface area contributed by atoms with E-state index in [9.17, 15) is 23.6 Å². The SMILES string of the molecule is COc1ccc2cc1O[C@@H](C(=O)NCCc1cccc(F)c1)[C@H](C)NC(=O)CN(C(=O)CCc1c(C)nc3ncnn3c1C)C[C@H](C(C)C)NC2=O. The Morgan fingerprint density at radius 1 is 1.12 bits per heavy atom. The van der Waals surface area contributed by atoms with Crippen molar-refractivity contribution in [1.82, 2.24) is 40.4 Å². The summed E-state index contributed by atoms with van der Waals surface area (Å²) in [6.07, 6.45) is 0.901. The fourth-order valence-corrected chi connectivity index (χ4v) is 6.18. The molecule has 1 aliphatic rings. The summed E-state index contributed by atoms with van der Waals surface area (Å²) in [5.74, 6) is -1.42. The summed E-state index contributed by atoms with van der Waals surface area (Å²) < 4.78 is 27.0. The Labute approximate surface area is 301 Å². The highest BCUT2D eigenvalue weighted by Crippen LogP contribution is 2.30. The van der Waals surface area contributed by atoms with Gasteiger partial charge in [-0.25, -0.2) is 13.9 Å². The van der Waals surface area contributed by atoms with E-state index in [1.54, 1.807) is 35.7 Å². The molecule has 0 saturated carbocycles. The summed E-state index contributed by atoms with van der Waals surface area (Å²) in [4.78, 5) is 64.9. The molecule has 5 rings (SSSR count). The van der Waals surface area contributed by atoms with Gasteiger partial charge in [-0.05, 0) is 81.0 Å². The van der Waals surface area contributed by atoms with Gasteiger partial charge in [-0.3, -0.25) is 19.2 Å². The van der Waals surface area contributed by atoms with Gasteiger partial charge in [0.1, 0.15) is 12.1 Å². The molecule has 3 N–H and O–H groups in total.